The Kier molecular flexibility index (Phi) is 4.35. The first kappa shape index (κ1) is 15.5. The van der Waals surface area contributed by atoms with Gasteiger partial charge in [0.15, 0.2) is 0 Å². The van der Waals surface area contributed by atoms with E-state index < -0.39 is 10.2 Å². The highest BCUT2D eigenvalue weighted by atomic mass is 32.2. The predicted octanol–water partition coefficient (Wildman–Crippen LogP) is -0.638. The zero-order chi connectivity index (χ0) is 15.6. The third-order valence-corrected chi connectivity index (χ3v) is 4.40. The number of piperazine rings is 1. The molecule has 0 aliphatic carbocycles. The third-order valence-electron chi connectivity index (χ3n) is 3.32. The highest BCUT2D eigenvalue weighted by Gasteiger charge is 2.28. The van der Waals surface area contributed by atoms with Crippen molar-refractivity contribution in [3.8, 4) is 11.5 Å². The second-order valence-electron chi connectivity index (χ2n) is 4.62. The van der Waals surface area contributed by atoms with E-state index in [1.165, 1.54) is 24.1 Å². The van der Waals surface area contributed by atoms with Crippen molar-refractivity contribution in [2.45, 2.75) is 0 Å². The van der Waals surface area contributed by atoms with Gasteiger partial charge in [-0.1, -0.05) is 0 Å². The number of ether oxygens (including phenoxy) is 1. The third kappa shape index (κ3) is 3.43. The standard InChI is InChI=1S/C12H17N3O5S/c1-20-9-2-3-11(16)10(8-9)12(17)14-4-6-15(7-5-14)21(13,18)19/h2-3,8,16H,4-7H2,1H3,(H2,13,18,19). The molecule has 3 N–H and O–H groups in total. The maximum atomic E-state index is 12.4. The molecule has 0 atom stereocenters. The van der Waals surface area contributed by atoms with Crippen molar-refractivity contribution in [1.29, 1.82) is 0 Å². The molecule has 0 bridgehead atoms. The van der Waals surface area contributed by atoms with Crippen LogP contribution in [0.3, 0.4) is 0 Å². The van der Waals surface area contributed by atoms with E-state index in [0.717, 1.165) is 4.31 Å². The SMILES string of the molecule is COc1ccc(O)c(C(=O)N2CCN(S(N)(=O)=O)CC2)c1. The minimum absolute atomic E-state index is 0.124. The Bertz CT molecular complexity index is 638. The van der Waals surface area contributed by atoms with E-state index in [2.05, 4.69) is 0 Å². The molecule has 1 aliphatic heterocycles. The van der Waals surface area contributed by atoms with E-state index in [0.29, 0.717) is 5.75 Å². The van der Waals surface area contributed by atoms with Crippen LogP contribution < -0.4 is 9.88 Å². The molecule has 0 spiro atoms. The van der Waals surface area contributed by atoms with Crippen molar-refractivity contribution in [2.24, 2.45) is 5.14 Å². The number of carbonyl (C=O) groups is 1. The van der Waals surface area contributed by atoms with Gasteiger partial charge in [-0.3, -0.25) is 4.79 Å². The fourth-order valence-electron chi connectivity index (χ4n) is 2.13. The summed E-state index contributed by atoms with van der Waals surface area (Å²) in [6.45, 7) is 0.697. The Morgan fingerprint density at radius 3 is 2.43 bits per heavy atom. The summed E-state index contributed by atoms with van der Waals surface area (Å²) in [5.74, 6) is -0.0607. The van der Waals surface area contributed by atoms with Crippen molar-refractivity contribution in [2.75, 3.05) is 33.3 Å². The summed E-state index contributed by atoms with van der Waals surface area (Å²) in [4.78, 5) is 13.8. The Morgan fingerprint density at radius 2 is 1.90 bits per heavy atom. The maximum Gasteiger partial charge on any atom is 0.277 e. The summed E-state index contributed by atoms with van der Waals surface area (Å²) >= 11 is 0. The van der Waals surface area contributed by atoms with Gasteiger partial charge in [-0.15, -0.1) is 0 Å². The van der Waals surface area contributed by atoms with Crippen LogP contribution in [-0.2, 0) is 10.2 Å². The summed E-state index contributed by atoms with van der Waals surface area (Å²) in [5, 5.41) is 14.8. The number of aromatic hydroxyl groups is 1. The molecule has 1 fully saturated rings. The smallest absolute Gasteiger partial charge is 0.277 e. The molecule has 1 aromatic rings. The summed E-state index contributed by atoms with van der Waals surface area (Å²) in [6, 6.07) is 4.38. The van der Waals surface area contributed by atoms with Gasteiger partial charge in [-0.2, -0.15) is 12.7 Å². The molecule has 8 nitrogen and oxygen atoms in total. The van der Waals surface area contributed by atoms with Gasteiger partial charge < -0.3 is 14.7 Å². The molecule has 21 heavy (non-hydrogen) atoms. The first-order valence-corrected chi connectivity index (χ1v) is 7.77. The number of nitrogens with two attached hydrogens (primary N) is 1. The van der Waals surface area contributed by atoms with E-state index >= 15 is 0 Å². The van der Waals surface area contributed by atoms with Gasteiger partial charge in [-0.25, -0.2) is 5.14 Å². The van der Waals surface area contributed by atoms with E-state index in [-0.39, 0.29) is 43.4 Å². The number of nitrogens with zero attached hydrogens (tertiary/aromatic N) is 2. The van der Waals surface area contributed by atoms with Crippen LogP contribution in [0.25, 0.3) is 0 Å². The first-order valence-electron chi connectivity index (χ1n) is 6.27. The Morgan fingerprint density at radius 1 is 1.29 bits per heavy atom. The van der Waals surface area contributed by atoms with E-state index in [1.54, 1.807) is 6.07 Å². The number of phenolic OH excluding ortho intramolecular Hbond substituents is 1. The minimum atomic E-state index is -3.73. The summed E-state index contributed by atoms with van der Waals surface area (Å²) in [7, 11) is -2.27. The van der Waals surface area contributed by atoms with Gasteiger partial charge in [0.05, 0.1) is 12.7 Å². The average molecular weight is 315 g/mol. The lowest BCUT2D eigenvalue weighted by molar-refractivity contribution is 0.0694. The summed E-state index contributed by atoms with van der Waals surface area (Å²) in [5.41, 5.74) is 0.124. The van der Waals surface area contributed by atoms with Gasteiger partial charge >= 0.3 is 0 Å². The fourth-order valence-corrected chi connectivity index (χ4v) is 2.80. The number of phenols is 1. The molecule has 1 saturated heterocycles. The van der Waals surface area contributed by atoms with Gasteiger partial charge in [-0.05, 0) is 18.2 Å². The summed E-state index contributed by atoms with van der Waals surface area (Å²) < 4.78 is 28.6. The molecule has 9 heteroatoms. The number of rotatable bonds is 3. The van der Waals surface area contributed by atoms with E-state index in [4.69, 9.17) is 9.88 Å². The normalized spacial score (nSPS) is 16.8. The van der Waals surface area contributed by atoms with Crippen molar-refractivity contribution in [3.63, 3.8) is 0 Å². The highest BCUT2D eigenvalue weighted by Crippen LogP contribution is 2.24. The average Bonchev–Trinajstić information content (AvgIpc) is 2.46. The topological polar surface area (TPSA) is 113 Å². The van der Waals surface area contributed by atoms with Crippen molar-refractivity contribution >= 4 is 16.1 Å². The molecule has 1 aliphatic rings. The molecule has 0 saturated carbocycles. The molecule has 1 aromatic carbocycles. The lowest BCUT2D eigenvalue weighted by Gasteiger charge is -2.33. The van der Waals surface area contributed by atoms with Crippen LogP contribution >= 0.6 is 0 Å². The number of amides is 1. The van der Waals surface area contributed by atoms with Crippen LogP contribution in [0.4, 0.5) is 0 Å². The van der Waals surface area contributed by atoms with Crippen LogP contribution in [0, 0.1) is 0 Å². The minimum Gasteiger partial charge on any atom is -0.507 e. The van der Waals surface area contributed by atoms with Crippen LogP contribution in [0.5, 0.6) is 11.5 Å². The molecule has 0 aromatic heterocycles. The van der Waals surface area contributed by atoms with Crippen molar-refractivity contribution < 1.29 is 23.1 Å². The summed E-state index contributed by atoms with van der Waals surface area (Å²) in [6.07, 6.45) is 0. The van der Waals surface area contributed by atoms with E-state index in [9.17, 15) is 18.3 Å². The first-order chi connectivity index (χ1) is 9.82. The second-order valence-corrected chi connectivity index (χ2v) is 6.17. The molecule has 0 radical (unpaired) electrons. The van der Waals surface area contributed by atoms with Gasteiger partial charge in [0, 0.05) is 26.2 Å². The number of carbonyl (C=O) groups excluding carboxylic acids is 1. The van der Waals surface area contributed by atoms with Crippen LogP contribution in [-0.4, -0.2) is 61.9 Å². The number of benzene rings is 1. The molecule has 2 rings (SSSR count). The number of hydrogen-bond donors (Lipinski definition) is 2. The molecular weight excluding hydrogens is 298 g/mol. The fraction of sp³-hybridized carbons (Fsp3) is 0.417. The number of hydrogen-bond acceptors (Lipinski definition) is 5. The van der Waals surface area contributed by atoms with Crippen molar-refractivity contribution in [3.05, 3.63) is 23.8 Å². The lowest BCUT2D eigenvalue weighted by Crippen LogP contribution is -2.52. The zero-order valence-corrected chi connectivity index (χ0v) is 12.3. The Hall–Kier alpha value is -1.84. The van der Waals surface area contributed by atoms with Gasteiger partial charge in [0.25, 0.3) is 16.1 Å². The number of methoxy groups -OCH3 is 1. The Balaban J connectivity index is 2.12. The van der Waals surface area contributed by atoms with Crippen LogP contribution in [0.2, 0.25) is 0 Å². The monoisotopic (exact) mass is 315 g/mol. The second kappa shape index (κ2) is 5.88. The lowest BCUT2D eigenvalue weighted by atomic mass is 10.1. The predicted molar refractivity (Wildman–Crippen MR) is 75.2 cm³/mol. The van der Waals surface area contributed by atoms with Crippen molar-refractivity contribution in [1.82, 2.24) is 9.21 Å². The quantitative estimate of drug-likeness (QED) is 0.770. The molecule has 1 amide bonds. The van der Waals surface area contributed by atoms with Gasteiger partial charge in [0.1, 0.15) is 11.5 Å². The molecule has 1 heterocycles. The zero-order valence-electron chi connectivity index (χ0n) is 11.5. The van der Waals surface area contributed by atoms with Crippen LogP contribution in [0.15, 0.2) is 18.2 Å². The van der Waals surface area contributed by atoms with E-state index in [1.807, 2.05) is 0 Å². The maximum absolute atomic E-state index is 12.4. The molecule has 0 unspecified atom stereocenters. The molecular formula is C12H17N3O5S. The van der Waals surface area contributed by atoms with Crippen LogP contribution in [0.1, 0.15) is 10.4 Å². The van der Waals surface area contributed by atoms with Gasteiger partial charge in [0.2, 0.25) is 0 Å². The highest BCUT2D eigenvalue weighted by molar-refractivity contribution is 7.86. The largest absolute Gasteiger partial charge is 0.507 e. The molecule has 116 valence electrons. The Labute approximate surface area is 122 Å².